The summed E-state index contributed by atoms with van der Waals surface area (Å²) < 4.78 is 0. The van der Waals surface area contributed by atoms with Crippen molar-refractivity contribution in [1.29, 1.82) is 0 Å². The van der Waals surface area contributed by atoms with Crippen LogP contribution in [0.5, 0.6) is 0 Å². The van der Waals surface area contributed by atoms with E-state index in [1.165, 1.54) is 18.4 Å². The minimum atomic E-state index is 0.726. The predicted octanol–water partition coefficient (Wildman–Crippen LogP) is 2.39. The van der Waals surface area contributed by atoms with Gasteiger partial charge in [-0.15, -0.1) is 0 Å². The van der Waals surface area contributed by atoms with E-state index in [2.05, 4.69) is 44.9 Å². The molecule has 128 valence electrons. The van der Waals surface area contributed by atoms with Gasteiger partial charge in [0.15, 0.2) is 0 Å². The van der Waals surface area contributed by atoms with Gasteiger partial charge in [-0.1, -0.05) is 6.07 Å². The molecular weight excluding hydrogens is 298 g/mol. The van der Waals surface area contributed by atoms with Gasteiger partial charge in [0.05, 0.1) is 17.6 Å². The molecule has 1 fully saturated rings. The average Bonchev–Trinajstić information content (AvgIpc) is 2.59. The van der Waals surface area contributed by atoms with Gasteiger partial charge in [-0.2, -0.15) is 0 Å². The molecule has 1 aliphatic rings. The van der Waals surface area contributed by atoms with E-state index in [1.54, 1.807) is 0 Å². The summed E-state index contributed by atoms with van der Waals surface area (Å²) in [5.74, 6) is 0.726. The highest BCUT2D eigenvalue weighted by molar-refractivity contribution is 5.08. The van der Waals surface area contributed by atoms with Gasteiger partial charge < -0.3 is 4.90 Å². The largest absolute Gasteiger partial charge is 0.304 e. The van der Waals surface area contributed by atoms with Crippen LogP contribution in [0.1, 0.15) is 29.8 Å². The lowest BCUT2D eigenvalue weighted by atomic mass is 9.92. The first kappa shape index (κ1) is 17.0. The summed E-state index contributed by atoms with van der Waals surface area (Å²) in [6.45, 7) is 4.18. The lowest BCUT2D eigenvalue weighted by Gasteiger charge is -2.31. The van der Waals surface area contributed by atoms with Crippen LogP contribution >= 0.6 is 0 Å². The van der Waals surface area contributed by atoms with Crippen molar-refractivity contribution in [3.63, 3.8) is 0 Å². The van der Waals surface area contributed by atoms with E-state index in [0.717, 1.165) is 49.9 Å². The molecule has 0 aliphatic carbocycles. The molecule has 2 aromatic heterocycles. The first-order valence-electron chi connectivity index (χ1n) is 8.75. The van der Waals surface area contributed by atoms with Crippen molar-refractivity contribution in [3.05, 3.63) is 53.9 Å². The Labute approximate surface area is 144 Å². The highest BCUT2D eigenvalue weighted by atomic mass is 15.1. The van der Waals surface area contributed by atoms with E-state index in [4.69, 9.17) is 0 Å². The van der Waals surface area contributed by atoms with Crippen molar-refractivity contribution in [2.24, 2.45) is 5.92 Å². The van der Waals surface area contributed by atoms with E-state index in [9.17, 15) is 0 Å². The number of nitrogens with zero attached hydrogens (tertiary/aromatic N) is 5. The van der Waals surface area contributed by atoms with Gasteiger partial charge in [-0.25, -0.2) is 0 Å². The van der Waals surface area contributed by atoms with Crippen molar-refractivity contribution in [1.82, 2.24) is 24.8 Å². The molecule has 1 saturated heterocycles. The molecule has 0 amide bonds. The maximum absolute atomic E-state index is 4.60. The topological polar surface area (TPSA) is 45.2 Å². The van der Waals surface area contributed by atoms with Crippen LogP contribution in [0.15, 0.2) is 36.9 Å². The van der Waals surface area contributed by atoms with Crippen LogP contribution in [-0.2, 0) is 19.5 Å². The van der Waals surface area contributed by atoms with Crippen molar-refractivity contribution in [2.75, 3.05) is 27.2 Å². The fourth-order valence-corrected chi connectivity index (χ4v) is 3.29. The fraction of sp³-hybridized carbons (Fsp3) is 0.526. The second-order valence-corrected chi connectivity index (χ2v) is 7.02. The number of aromatic nitrogens is 3. The summed E-state index contributed by atoms with van der Waals surface area (Å²) in [7, 11) is 4.10. The lowest BCUT2D eigenvalue weighted by Crippen LogP contribution is -2.34. The number of hydrogen-bond donors (Lipinski definition) is 0. The molecule has 0 N–H and O–H groups in total. The van der Waals surface area contributed by atoms with Gasteiger partial charge >= 0.3 is 0 Å². The second kappa shape index (κ2) is 8.31. The maximum Gasteiger partial charge on any atom is 0.0726 e. The molecule has 0 bridgehead atoms. The highest BCUT2D eigenvalue weighted by Crippen LogP contribution is 2.22. The molecule has 0 spiro atoms. The van der Waals surface area contributed by atoms with Crippen LogP contribution in [-0.4, -0.2) is 51.9 Å². The van der Waals surface area contributed by atoms with E-state index >= 15 is 0 Å². The number of piperidine rings is 1. The van der Waals surface area contributed by atoms with E-state index in [0.29, 0.717) is 0 Å². The van der Waals surface area contributed by atoms with Crippen molar-refractivity contribution in [3.8, 4) is 0 Å². The van der Waals surface area contributed by atoms with Gasteiger partial charge in [0.25, 0.3) is 0 Å². The molecule has 0 saturated carbocycles. The third kappa shape index (κ3) is 5.08. The molecule has 0 radical (unpaired) electrons. The van der Waals surface area contributed by atoms with Crippen molar-refractivity contribution in [2.45, 2.75) is 32.4 Å². The van der Waals surface area contributed by atoms with Crippen LogP contribution in [0.3, 0.4) is 0 Å². The van der Waals surface area contributed by atoms with Gasteiger partial charge in [-0.3, -0.25) is 19.9 Å². The fourth-order valence-electron chi connectivity index (χ4n) is 3.29. The number of pyridine rings is 1. The Morgan fingerprint density at radius 1 is 1.08 bits per heavy atom. The second-order valence-electron chi connectivity index (χ2n) is 7.02. The first-order valence-corrected chi connectivity index (χ1v) is 8.75. The summed E-state index contributed by atoms with van der Waals surface area (Å²) in [5.41, 5.74) is 3.47. The van der Waals surface area contributed by atoms with E-state index < -0.39 is 0 Å². The smallest absolute Gasteiger partial charge is 0.0726 e. The number of hydrogen-bond acceptors (Lipinski definition) is 5. The molecule has 1 aliphatic heterocycles. The first-order chi connectivity index (χ1) is 11.7. The molecule has 0 atom stereocenters. The molecule has 5 heteroatoms. The third-order valence-corrected chi connectivity index (χ3v) is 4.57. The Kier molecular flexibility index (Phi) is 5.88. The molecule has 3 heterocycles. The van der Waals surface area contributed by atoms with Gasteiger partial charge in [0, 0.05) is 31.7 Å². The Balaban J connectivity index is 1.45. The Morgan fingerprint density at radius 3 is 2.46 bits per heavy atom. The SMILES string of the molecule is CN(C)Cc1cnc(CC2CCN(Cc3cccnc3)CC2)cn1. The summed E-state index contributed by atoms with van der Waals surface area (Å²) in [6, 6.07) is 4.17. The monoisotopic (exact) mass is 325 g/mol. The summed E-state index contributed by atoms with van der Waals surface area (Å²) in [6.07, 6.45) is 11.2. The molecular formula is C19H27N5. The summed E-state index contributed by atoms with van der Waals surface area (Å²) in [4.78, 5) is 18.0. The van der Waals surface area contributed by atoms with Crippen molar-refractivity contribution < 1.29 is 0 Å². The van der Waals surface area contributed by atoms with Gasteiger partial charge in [0.1, 0.15) is 0 Å². The third-order valence-electron chi connectivity index (χ3n) is 4.57. The van der Waals surface area contributed by atoms with Crippen LogP contribution in [0, 0.1) is 5.92 Å². The van der Waals surface area contributed by atoms with E-state index in [-0.39, 0.29) is 0 Å². The predicted molar refractivity (Wildman–Crippen MR) is 95.4 cm³/mol. The zero-order valence-electron chi connectivity index (χ0n) is 14.7. The quantitative estimate of drug-likeness (QED) is 0.816. The van der Waals surface area contributed by atoms with Crippen LogP contribution in [0.2, 0.25) is 0 Å². The van der Waals surface area contributed by atoms with Crippen molar-refractivity contribution >= 4 is 0 Å². The lowest BCUT2D eigenvalue weighted by molar-refractivity contribution is 0.176. The van der Waals surface area contributed by atoms with Gasteiger partial charge in [0.2, 0.25) is 0 Å². The Hall–Kier alpha value is -1.85. The molecule has 24 heavy (non-hydrogen) atoms. The number of likely N-dealkylation sites (tertiary alicyclic amines) is 1. The average molecular weight is 325 g/mol. The molecule has 5 nitrogen and oxygen atoms in total. The van der Waals surface area contributed by atoms with Crippen LogP contribution in [0.4, 0.5) is 0 Å². The van der Waals surface area contributed by atoms with Crippen LogP contribution < -0.4 is 0 Å². The van der Waals surface area contributed by atoms with Gasteiger partial charge in [-0.05, 0) is 64.0 Å². The standard InChI is InChI=1S/C19H27N5/c1-23(2)15-19-13-21-18(12-22-19)10-16-5-8-24(9-6-16)14-17-4-3-7-20-11-17/h3-4,7,11-13,16H,5-6,8-10,14-15H2,1-2H3. The zero-order chi connectivity index (χ0) is 16.8. The molecule has 0 aromatic carbocycles. The van der Waals surface area contributed by atoms with E-state index in [1.807, 2.05) is 30.9 Å². The summed E-state index contributed by atoms with van der Waals surface area (Å²) in [5, 5.41) is 0. The Morgan fingerprint density at radius 2 is 1.83 bits per heavy atom. The minimum Gasteiger partial charge on any atom is -0.304 e. The highest BCUT2D eigenvalue weighted by Gasteiger charge is 2.20. The summed E-state index contributed by atoms with van der Waals surface area (Å²) >= 11 is 0. The molecule has 2 aromatic rings. The molecule has 0 unspecified atom stereocenters. The van der Waals surface area contributed by atoms with Crippen LogP contribution in [0.25, 0.3) is 0 Å². The maximum atomic E-state index is 4.60. The Bertz CT molecular complexity index is 603. The minimum absolute atomic E-state index is 0.726. The zero-order valence-corrected chi connectivity index (χ0v) is 14.7. The molecule has 3 rings (SSSR count). The normalized spacial score (nSPS) is 16.6. The number of rotatable bonds is 6.